The maximum Gasteiger partial charge on any atom is 0.326 e. The Morgan fingerprint density at radius 3 is 2.74 bits per heavy atom. The molecule has 0 radical (unpaired) electrons. The molecule has 1 aromatic carbocycles. The highest BCUT2D eigenvalue weighted by molar-refractivity contribution is 5.94. The zero-order valence-corrected chi connectivity index (χ0v) is 10.7. The number of carboxylic acid groups (broad SMARTS) is 1. The van der Waals surface area contributed by atoms with Crippen molar-refractivity contribution in [1.82, 2.24) is 5.32 Å². The van der Waals surface area contributed by atoms with E-state index in [-0.39, 0.29) is 13.0 Å². The third kappa shape index (κ3) is 5.35. The molecule has 5 heteroatoms. The van der Waals surface area contributed by atoms with Gasteiger partial charge >= 0.3 is 5.97 Å². The topological polar surface area (TPSA) is 86.6 Å². The minimum atomic E-state index is -1.16. The van der Waals surface area contributed by atoms with Crippen molar-refractivity contribution in [3.05, 3.63) is 41.5 Å². The van der Waals surface area contributed by atoms with Crippen LogP contribution in [0.5, 0.6) is 0 Å². The molecule has 3 N–H and O–H groups in total. The van der Waals surface area contributed by atoms with Gasteiger partial charge in [0.25, 0.3) is 0 Å². The van der Waals surface area contributed by atoms with Gasteiger partial charge in [-0.15, -0.1) is 0 Å². The highest BCUT2D eigenvalue weighted by atomic mass is 16.4. The molecule has 0 saturated carbocycles. The fourth-order valence-electron chi connectivity index (χ4n) is 1.55. The molecule has 102 valence electrons. The second kappa shape index (κ2) is 7.33. The Morgan fingerprint density at radius 1 is 1.42 bits per heavy atom. The molecule has 0 bridgehead atoms. The van der Waals surface area contributed by atoms with Crippen LogP contribution in [0.1, 0.15) is 17.5 Å². The Labute approximate surface area is 111 Å². The van der Waals surface area contributed by atoms with Crippen molar-refractivity contribution in [3.8, 4) is 0 Å². The Morgan fingerprint density at radius 2 is 2.16 bits per heavy atom. The molecule has 0 aliphatic rings. The second-order valence-corrected chi connectivity index (χ2v) is 4.16. The number of carbonyl (C=O) groups excluding carboxylic acids is 1. The van der Waals surface area contributed by atoms with Crippen molar-refractivity contribution in [1.29, 1.82) is 0 Å². The summed E-state index contributed by atoms with van der Waals surface area (Å²) < 4.78 is 0. The molecular weight excluding hydrogens is 246 g/mol. The summed E-state index contributed by atoms with van der Waals surface area (Å²) in [5.41, 5.74) is 1.94. The molecule has 0 heterocycles. The van der Waals surface area contributed by atoms with Crippen molar-refractivity contribution in [2.45, 2.75) is 19.4 Å². The van der Waals surface area contributed by atoms with E-state index in [1.807, 2.05) is 31.2 Å². The lowest BCUT2D eigenvalue weighted by Crippen LogP contribution is -2.40. The number of hydrogen-bond donors (Lipinski definition) is 3. The summed E-state index contributed by atoms with van der Waals surface area (Å²) in [6.45, 7) is 1.65. The molecule has 0 aromatic heterocycles. The van der Waals surface area contributed by atoms with Gasteiger partial charge in [-0.25, -0.2) is 4.79 Å². The summed E-state index contributed by atoms with van der Waals surface area (Å²) in [6, 6.07) is 6.50. The predicted molar refractivity (Wildman–Crippen MR) is 71.5 cm³/mol. The van der Waals surface area contributed by atoms with Gasteiger partial charge in [0, 0.05) is 19.1 Å². The SMILES string of the molecule is Cc1cccc(/C=C/C(=O)N[C@H](CCO)C(=O)O)c1. The van der Waals surface area contributed by atoms with Crippen LogP contribution >= 0.6 is 0 Å². The van der Waals surface area contributed by atoms with Gasteiger partial charge in [-0.1, -0.05) is 29.8 Å². The van der Waals surface area contributed by atoms with E-state index < -0.39 is 17.9 Å². The largest absolute Gasteiger partial charge is 0.480 e. The van der Waals surface area contributed by atoms with Gasteiger partial charge in [0.2, 0.25) is 5.91 Å². The van der Waals surface area contributed by atoms with Crippen LogP contribution in [-0.4, -0.2) is 34.7 Å². The Bertz CT molecular complexity index is 482. The molecule has 1 amide bonds. The molecule has 0 aliphatic heterocycles. The maximum atomic E-state index is 11.5. The zero-order valence-electron chi connectivity index (χ0n) is 10.7. The molecule has 0 fully saturated rings. The highest BCUT2D eigenvalue weighted by Crippen LogP contribution is 2.05. The van der Waals surface area contributed by atoms with Crippen LogP contribution in [0.15, 0.2) is 30.3 Å². The van der Waals surface area contributed by atoms with Crippen molar-refractivity contribution in [2.24, 2.45) is 0 Å². The lowest BCUT2D eigenvalue weighted by molar-refractivity contribution is -0.141. The Kier molecular flexibility index (Phi) is 5.75. The number of rotatable bonds is 6. The average Bonchev–Trinajstić information content (AvgIpc) is 2.36. The van der Waals surface area contributed by atoms with E-state index >= 15 is 0 Å². The second-order valence-electron chi connectivity index (χ2n) is 4.16. The number of benzene rings is 1. The first-order valence-corrected chi connectivity index (χ1v) is 5.92. The number of aryl methyl sites for hydroxylation is 1. The number of nitrogens with one attached hydrogen (secondary N) is 1. The number of aliphatic carboxylic acids is 1. The summed E-state index contributed by atoms with van der Waals surface area (Å²) in [7, 11) is 0. The van der Waals surface area contributed by atoms with Crippen LogP contribution in [0.2, 0.25) is 0 Å². The summed E-state index contributed by atoms with van der Waals surface area (Å²) in [4.78, 5) is 22.3. The van der Waals surface area contributed by atoms with E-state index in [1.165, 1.54) is 6.08 Å². The van der Waals surface area contributed by atoms with Crippen LogP contribution in [0.4, 0.5) is 0 Å². The number of carbonyl (C=O) groups is 2. The minimum absolute atomic E-state index is 0.0145. The van der Waals surface area contributed by atoms with Gasteiger partial charge in [-0.3, -0.25) is 4.79 Å². The van der Waals surface area contributed by atoms with Gasteiger partial charge in [0.1, 0.15) is 6.04 Å². The van der Waals surface area contributed by atoms with Crippen molar-refractivity contribution in [2.75, 3.05) is 6.61 Å². The number of amides is 1. The molecule has 19 heavy (non-hydrogen) atoms. The normalized spacial score (nSPS) is 12.3. The standard InChI is InChI=1S/C14H17NO4/c1-10-3-2-4-11(9-10)5-6-13(17)15-12(7-8-16)14(18)19/h2-6,9,12,16H,7-8H2,1H3,(H,15,17)(H,18,19)/b6-5+/t12-/m1/s1. The van der Waals surface area contributed by atoms with Crippen LogP contribution < -0.4 is 5.32 Å². The number of carboxylic acids is 1. The predicted octanol–water partition coefficient (Wildman–Crippen LogP) is 0.960. The minimum Gasteiger partial charge on any atom is -0.480 e. The zero-order chi connectivity index (χ0) is 14.3. The van der Waals surface area contributed by atoms with Gasteiger partial charge in [0.15, 0.2) is 0 Å². The van der Waals surface area contributed by atoms with E-state index in [2.05, 4.69) is 5.32 Å². The summed E-state index contributed by atoms with van der Waals surface area (Å²) >= 11 is 0. The summed E-state index contributed by atoms with van der Waals surface area (Å²) in [5, 5.41) is 19.8. The maximum absolute atomic E-state index is 11.5. The van der Waals surface area contributed by atoms with E-state index in [9.17, 15) is 9.59 Å². The van der Waals surface area contributed by atoms with Gasteiger partial charge in [0.05, 0.1) is 0 Å². The third-order valence-electron chi connectivity index (χ3n) is 2.50. The molecule has 5 nitrogen and oxygen atoms in total. The van der Waals surface area contributed by atoms with Crippen LogP contribution in [0.3, 0.4) is 0 Å². The molecule has 0 spiro atoms. The number of hydrogen-bond acceptors (Lipinski definition) is 3. The molecular formula is C14H17NO4. The first-order chi connectivity index (χ1) is 9.02. The van der Waals surface area contributed by atoms with Crippen molar-refractivity contribution >= 4 is 18.0 Å². The van der Waals surface area contributed by atoms with Gasteiger partial charge in [-0.2, -0.15) is 0 Å². The lowest BCUT2D eigenvalue weighted by atomic mass is 10.1. The molecule has 1 atom stereocenters. The van der Waals surface area contributed by atoms with Gasteiger partial charge < -0.3 is 15.5 Å². The fraction of sp³-hybridized carbons (Fsp3) is 0.286. The van der Waals surface area contributed by atoms with E-state index in [0.29, 0.717) is 0 Å². The average molecular weight is 263 g/mol. The molecule has 1 aromatic rings. The van der Waals surface area contributed by atoms with Gasteiger partial charge in [-0.05, 0) is 18.6 Å². The summed E-state index contributed by atoms with van der Waals surface area (Å²) in [6.07, 6.45) is 2.88. The van der Waals surface area contributed by atoms with Crippen LogP contribution in [0.25, 0.3) is 6.08 Å². The fourth-order valence-corrected chi connectivity index (χ4v) is 1.55. The lowest BCUT2D eigenvalue weighted by Gasteiger charge is -2.11. The molecule has 0 unspecified atom stereocenters. The van der Waals surface area contributed by atoms with E-state index in [0.717, 1.165) is 11.1 Å². The van der Waals surface area contributed by atoms with E-state index in [4.69, 9.17) is 10.2 Å². The summed E-state index contributed by atoms with van der Waals surface area (Å²) in [5.74, 6) is -1.66. The van der Waals surface area contributed by atoms with Crippen LogP contribution in [0, 0.1) is 6.92 Å². The Hall–Kier alpha value is -2.14. The number of aliphatic hydroxyl groups excluding tert-OH is 1. The van der Waals surface area contributed by atoms with Crippen LogP contribution in [-0.2, 0) is 9.59 Å². The molecule has 1 rings (SSSR count). The van der Waals surface area contributed by atoms with E-state index in [1.54, 1.807) is 6.08 Å². The first kappa shape index (κ1) is 14.9. The quantitative estimate of drug-likeness (QED) is 0.667. The first-order valence-electron chi connectivity index (χ1n) is 5.92. The highest BCUT2D eigenvalue weighted by Gasteiger charge is 2.17. The third-order valence-corrected chi connectivity index (χ3v) is 2.50. The van der Waals surface area contributed by atoms with Crippen molar-refractivity contribution in [3.63, 3.8) is 0 Å². The molecule has 0 saturated heterocycles. The monoisotopic (exact) mass is 263 g/mol. The number of aliphatic hydroxyl groups is 1. The van der Waals surface area contributed by atoms with Crippen molar-refractivity contribution < 1.29 is 19.8 Å². The molecule has 0 aliphatic carbocycles. The smallest absolute Gasteiger partial charge is 0.326 e. The Balaban J connectivity index is 2.61.